The van der Waals surface area contributed by atoms with Gasteiger partial charge >= 0.3 is 6.09 Å². The average molecular weight is 305 g/mol. The monoisotopic (exact) mass is 305 g/mol. The van der Waals surface area contributed by atoms with Crippen molar-refractivity contribution in [1.29, 1.82) is 0 Å². The van der Waals surface area contributed by atoms with Gasteiger partial charge in [0.05, 0.1) is 12.2 Å². The number of ether oxygens (including phenoxy) is 1. The summed E-state index contributed by atoms with van der Waals surface area (Å²) < 4.78 is 6.82. The molecule has 1 fully saturated rings. The number of amides is 1. The summed E-state index contributed by atoms with van der Waals surface area (Å²) in [5.74, 6) is 0.615. The molecule has 1 amide bonds. The summed E-state index contributed by atoms with van der Waals surface area (Å²) in [6.07, 6.45) is -0.513. The fraction of sp³-hybridized carbons (Fsp3) is 0.385. The largest absolute Gasteiger partial charge is 0.443 e. The van der Waals surface area contributed by atoms with Crippen molar-refractivity contribution in [3.8, 4) is 5.69 Å². The molecule has 7 nitrogen and oxygen atoms in total. The first kappa shape index (κ1) is 13.9. The molecule has 1 aliphatic rings. The highest BCUT2D eigenvalue weighted by molar-refractivity contribution is 7.99. The number of carbonyl (C=O) groups is 1. The van der Waals surface area contributed by atoms with Crippen LogP contribution in [-0.4, -0.2) is 44.7 Å². The van der Waals surface area contributed by atoms with Crippen molar-refractivity contribution in [3.05, 3.63) is 29.3 Å². The highest BCUT2D eigenvalue weighted by Crippen LogP contribution is 2.23. The molecule has 1 aromatic carbocycles. The normalized spacial score (nSPS) is 17.6. The molecule has 2 aromatic rings. The molecule has 1 saturated heterocycles. The second kappa shape index (κ2) is 5.72. The number of tetrazole rings is 1. The minimum atomic E-state index is -0.366. The van der Waals surface area contributed by atoms with Crippen molar-refractivity contribution in [2.75, 3.05) is 12.3 Å². The minimum absolute atomic E-state index is 0.147. The van der Waals surface area contributed by atoms with E-state index in [0.29, 0.717) is 17.5 Å². The van der Waals surface area contributed by atoms with Crippen LogP contribution in [0.15, 0.2) is 23.4 Å². The van der Waals surface area contributed by atoms with E-state index in [9.17, 15) is 4.79 Å². The number of benzene rings is 1. The van der Waals surface area contributed by atoms with Gasteiger partial charge in [-0.05, 0) is 41.5 Å². The zero-order chi connectivity index (χ0) is 14.8. The Morgan fingerprint density at radius 1 is 1.48 bits per heavy atom. The molecule has 110 valence electrons. The molecule has 0 unspecified atom stereocenters. The van der Waals surface area contributed by atoms with E-state index in [0.717, 1.165) is 11.3 Å². The number of hydrogen-bond donors (Lipinski definition) is 1. The van der Waals surface area contributed by atoms with Crippen LogP contribution in [0.2, 0.25) is 0 Å². The first-order chi connectivity index (χ1) is 10.1. The van der Waals surface area contributed by atoms with Crippen LogP contribution in [0.5, 0.6) is 0 Å². The average Bonchev–Trinajstić information content (AvgIpc) is 3.08. The first-order valence-corrected chi connectivity index (χ1v) is 7.56. The van der Waals surface area contributed by atoms with Gasteiger partial charge in [-0.15, -0.1) is 5.10 Å². The maximum absolute atomic E-state index is 11.0. The summed E-state index contributed by atoms with van der Waals surface area (Å²) in [6.45, 7) is 4.62. The molecular weight excluding hydrogens is 290 g/mol. The van der Waals surface area contributed by atoms with Gasteiger partial charge in [-0.1, -0.05) is 23.9 Å². The Balaban J connectivity index is 1.78. The molecule has 0 aliphatic carbocycles. The molecule has 2 heterocycles. The molecule has 8 heteroatoms. The Bertz CT molecular complexity index is 672. The van der Waals surface area contributed by atoms with Gasteiger partial charge in [0, 0.05) is 5.75 Å². The zero-order valence-corrected chi connectivity index (χ0v) is 12.6. The number of thioether (sulfide) groups is 1. The summed E-state index contributed by atoms with van der Waals surface area (Å²) in [6, 6.07) is 6.02. The van der Waals surface area contributed by atoms with E-state index in [-0.39, 0.29) is 12.2 Å². The van der Waals surface area contributed by atoms with Gasteiger partial charge in [0.15, 0.2) is 0 Å². The molecule has 21 heavy (non-hydrogen) atoms. The number of nitrogens with zero attached hydrogens (tertiary/aromatic N) is 4. The second-order valence-corrected chi connectivity index (χ2v) is 5.80. The van der Waals surface area contributed by atoms with E-state index < -0.39 is 0 Å². The topological polar surface area (TPSA) is 81.9 Å². The number of carbonyl (C=O) groups excluding carboxylic acids is 1. The van der Waals surface area contributed by atoms with Crippen LogP contribution in [0, 0.1) is 13.8 Å². The maximum Gasteiger partial charge on any atom is 0.407 e. The Labute approximate surface area is 126 Å². The van der Waals surface area contributed by atoms with Crippen LogP contribution >= 0.6 is 11.8 Å². The van der Waals surface area contributed by atoms with Crippen LogP contribution in [0.4, 0.5) is 4.79 Å². The van der Waals surface area contributed by atoms with E-state index >= 15 is 0 Å². The number of cyclic esters (lactones) is 1. The van der Waals surface area contributed by atoms with Gasteiger partial charge in [-0.3, -0.25) is 0 Å². The molecule has 0 saturated carbocycles. The molecule has 1 N–H and O–H groups in total. The molecule has 0 bridgehead atoms. The van der Waals surface area contributed by atoms with Crippen LogP contribution in [0.3, 0.4) is 0 Å². The van der Waals surface area contributed by atoms with Crippen LogP contribution in [0.25, 0.3) is 5.69 Å². The van der Waals surface area contributed by atoms with Crippen molar-refractivity contribution in [1.82, 2.24) is 25.5 Å². The van der Waals surface area contributed by atoms with Gasteiger partial charge in [-0.2, -0.15) is 4.68 Å². The van der Waals surface area contributed by atoms with Crippen molar-refractivity contribution < 1.29 is 9.53 Å². The third kappa shape index (κ3) is 2.85. The molecular formula is C13H15N5O2S. The number of nitrogens with one attached hydrogen (secondary N) is 1. The lowest BCUT2D eigenvalue weighted by atomic mass is 10.1. The molecule has 0 spiro atoms. The second-order valence-electron chi connectivity index (χ2n) is 4.81. The van der Waals surface area contributed by atoms with E-state index in [1.165, 1.54) is 17.3 Å². The van der Waals surface area contributed by atoms with Gasteiger partial charge in [0.25, 0.3) is 0 Å². The van der Waals surface area contributed by atoms with Gasteiger partial charge in [-0.25, -0.2) is 4.79 Å². The van der Waals surface area contributed by atoms with Crippen molar-refractivity contribution >= 4 is 17.9 Å². The van der Waals surface area contributed by atoms with Gasteiger partial charge in [0.1, 0.15) is 6.10 Å². The molecule has 1 aliphatic heterocycles. The zero-order valence-electron chi connectivity index (χ0n) is 11.7. The Hall–Kier alpha value is -2.09. The smallest absolute Gasteiger partial charge is 0.407 e. The van der Waals surface area contributed by atoms with Crippen molar-refractivity contribution in [3.63, 3.8) is 0 Å². The van der Waals surface area contributed by atoms with Crippen molar-refractivity contribution in [2.24, 2.45) is 0 Å². The Morgan fingerprint density at radius 3 is 3.10 bits per heavy atom. The maximum atomic E-state index is 11.0. The third-order valence-corrected chi connectivity index (χ3v) is 4.44. The number of aryl methyl sites for hydroxylation is 1. The number of aromatic nitrogens is 4. The molecule has 3 rings (SSSR count). The van der Waals surface area contributed by atoms with Crippen LogP contribution in [0.1, 0.15) is 11.1 Å². The van der Waals surface area contributed by atoms with E-state index in [1.54, 1.807) is 4.68 Å². The van der Waals surface area contributed by atoms with Crippen LogP contribution in [-0.2, 0) is 4.74 Å². The molecule has 1 atom stereocenters. The van der Waals surface area contributed by atoms with Gasteiger partial charge in [0.2, 0.25) is 5.16 Å². The predicted octanol–water partition coefficient (Wildman–Crippen LogP) is 1.48. The quantitative estimate of drug-likeness (QED) is 0.862. The number of alkyl carbamates (subject to hydrolysis) is 1. The summed E-state index contributed by atoms with van der Waals surface area (Å²) in [7, 11) is 0. The van der Waals surface area contributed by atoms with Crippen LogP contribution < -0.4 is 5.32 Å². The van der Waals surface area contributed by atoms with E-state index in [2.05, 4.69) is 33.8 Å². The Kier molecular flexibility index (Phi) is 3.78. The predicted molar refractivity (Wildman–Crippen MR) is 77.6 cm³/mol. The fourth-order valence-electron chi connectivity index (χ4n) is 2.08. The van der Waals surface area contributed by atoms with E-state index in [1.807, 2.05) is 19.1 Å². The molecule has 0 radical (unpaired) electrons. The first-order valence-electron chi connectivity index (χ1n) is 6.57. The summed E-state index contributed by atoms with van der Waals surface area (Å²) >= 11 is 1.47. The van der Waals surface area contributed by atoms with E-state index in [4.69, 9.17) is 4.74 Å². The number of rotatable bonds is 4. The highest BCUT2D eigenvalue weighted by atomic mass is 32.2. The number of hydrogen-bond acceptors (Lipinski definition) is 6. The third-order valence-electron chi connectivity index (χ3n) is 3.39. The standard InChI is InChI=1S/C13H15N5O2S/c1-8-4-3-5-11(9(8)2)18-12(15-16-17-18)21-7-10-6-14-13(19)20-10/h3-5,10H,6-7H2,1-2H3,(H,14,19)/t10-/m0/s1. The lowest BCUT2D eigenvalue weighted by molar-refractivity contribution is 0.150. The lowest BCUT2D eigenvalue weighted by Gasteiger charge is -2.10. The summed E-state index contributed by atoms with van der Waals surface area (Å²) in [5.41, 5.74) is 3.29. The van der Waals surface area contributed by atoms with Crippen molar-refractivity contribution in [2.45, 2.75) is 25.1 Å². The SMILES string of the molecule is Cc1cccc(-n2nnnc2SC[C@@H]2CNC(=O)O2)c1C. The summed E-state index contributed by atoms with van der Waals surface area (Å²) in [4.78, 5) is 11.0. The Morgan fingerprint density at radius 2 is 2.33 bits per heavy atom. The molecule has 1 aromatic heterocycles. The summed E-state index contributed by atoms with van der Waals surface area (Å²) in [5, 5.41) is 15.2. The highest BCUT2D eigenvalue weighted by Gasteiger charge is 2.23. The minimum Gasteiger partial charge on any atom is -0.443 e. The van der Waals surface area contributed by atoms with Gasteiger partial charge < -0.3 is 10.1 Å². The lowest BCUT2D eigenvalue weighted by Crippen LogP contribution is -2.17. The fourth-order valence-corrected chi connectivity index (χ4v) is 2.95.